The van der Waals surface area contributed by atoms with E-state index in [4.69, 9.17) is 18.9 Å². The van der Waals surface area contributed by atoms with Gasteiger partial charge in [-0.2, -0.15) is 5.10 Å². The highest BCUT2D eigenvalue weighted by molar-refractivity contribution is 6.23. The Morgan fingerprint density at radius 2 is 1.62 bits per heavy atom. The Kier molecular flexibility index (Phi) is 13.0. The van der Waals surface area contributed by atoms with Crippen LogP contribution in [0.1, 0.15) is 70.0 Å². The second-order valence-electron chi connectivity index (χ2n) is 14.7. The minimum atomic E-state index is -2.04. The minimum Gasteiger partial charge on any atom is -0.507 e. The molecule has 6 N–H and O–H groups in total. The molecule has 300 valence electrons. The number of amides is 1. The second kappa shape index (κ2) is 16.7. The van der Waals surface area contributed by atoms with Gasteiger partial charge in [0.05, 0.1) is 53.0 Å². The molecule has 15 heteroatoms. The molecule has 0 aliphatic carbocycles. The molecule has 5 rings (SSSR count). The van der Waals surface area contributed by atoms with E-state index in [0.717, 1.165) is 0 Å². The fourth-order valence-electron chi connectivity index (χ4n) is 7.05. The van der Waals surface area contributed by atoms with Crippen LogP contribution in [0.15, 0.2) is 41.2 Å². The number of esters is 1. The maximum atomic E-state index is 14.3. The largest absolute Gasteiger partial charge is 0.507 e. The second-order valence-corrected chi connectivity index (χ2v) is 14.7. The highest BCUT2D eigenvalue weighted by Gasteiger charge is 2.50. The summed E-state index contributed by atoms with van der Waals surface area (Å²) in [5.41, 5.74) is -0.445. The molecule has 55 heavy (non-hydrogen) atoms. The van der Waals surface area contributed by atoms with Gasteiger partial charge in [-0.05, 0) is 19.9 Å². The van der Waals surface area contributed by atoms with Crippen molar-refractivity contribution in [2.75, 3.05) is 26.5 Å². The number of phenolic OH excluding ortho intramolecular Hbond substituents is 3. The highest BCUT2D eigenvalue weighted by Crippen LogP contribution is 2.55. The topological polar surface area (TPSA) is 217 Å². The zero-order valence-electron chi connectivity index (χ0n) is 33.1. The number of carbonyl (C=O) groups excluding carboxylic acids is 3. The van der Waals surface area contributed by atoms with Crippen molar-refractivity contribution in [2.24, 2.45) is 28.8 Å². The highest BCUT2D eigenvalue weighted by atomic mass is 16.7. The van der Waals surface area contributed by atoms with Crippen LogP contribution in [0.3, 0.4) is 0 Å². The molecule has 0 spiro atoms. The summed E-state index contributed by atoms with van der Waals surface area (Å²) >= 11 is 0. The lowest BCUT2D eigenvalue weighted by molar-refractivity contribution is -0.160. The quantitative estimate of drug-likeness (QED) is 0.0822. The number of phenols is 3. The van der Waals surface area contributed by atoms with E-state index in [1.807, 2.05) is 0 Å². The molecule has 3 aliphatic heterocycles. The SMILES string of the molecule is CO[C@H]1/C=C/O[C@@]2(C)Oc3c(C)c(O)c4c(O)c(c(/C=N/N(C)C)c(O)c4c3C2=O)NC(=O)/C(C)=C\C=C\[C@H](C)[C@H](O)[C@@H](C)[C@@H](O)[C@@H](C)[C@H](OC(C)=O)[C@@H]1C. The zero-order valence-corrected chi connectivity index (χ0v) is 33.1. The molecule has 9 atom stereocenters. The summed E-state index contributed by atoms with van der Waals surface area (Å²) in [5, 5.41) is 65.3. The van der Waals surface area contributed by atoms with Crippen molar-refractivity contribution in [3.63, 3.8) is 0 Å². The van der Waals surface area contributed by atoms with Crippen LogP contribution in [0.5, 0.6) is 23.0 Å². The Labute approximate surface area is 320 Å². The van der Waals surface area contributed by atoms with Crippen LogP contribution in [0, 0.1) is 30.6 Å². The predicted molar refractivity (Wildman–Crippen MR) is 205 cm³/mol. The third kappa shape index (κ3) is 8.28. The number of nitrogens with one attached hydrogen (secondary N) is 1. The summed E-state index contributed by atoms with van der Waals surface area (Å²) in [7, 11) is 4.65. The molecule has 1 amide bonds. The van der Waals surface area contributed by atoms with Crippen molar-refractivity contribution >= 4 is 40.3 Å². The van der Waals surface area contributed by atoms with Gasteiger partial charge in [0.15, 0.2) is 5.75 Å². The molecule has 0 saturated heterocycles. The molecule has 5 bridgehead atoms. The molecule has 3 aliphatic rings. The van der Waals surface area contributed by atoms with Crippen molar-refractivity contribution in [3.05, 3.63) is 52.8 Å². The molecule has 0 unspecified atom stereocenters. The normalized spacial score (nSPS) is 31.4. The van der Waals surface area contributed by atoms with Gasteiger partial charge in [-0.25, -0.2) is 0 Å². The van der Waals surface area contributed by atoms with Crippen LogP contribution in [-0.2, 0) is 23.8 Å². The number of anilines is 1. The number of fused-ring (bicyclic) bond motifs is 14. The summed E-state index contributed by atoms with van der Waals surface area (Å²) in [6, 6.07) is 0. The minimum absolute atomic E-state index is 0.0475. The standard InChI is InChI=1S/C40H53N3O12/c1-18-13-12-14-19(2)39(51)42-30-25(17-41-43(9)10)34(48)27-28(35(30)49)33(47)23(6)37-29(27)38(50)40(8,55-37)53-16-15-26(52-11)20(3)36(54-24(7)44)22(5)32(46)21(4)31(18)45/h12-18,20-22,26,31-32,36,45-49H,1-11H3,(H,42,51)/b13-12+,16-15+,19-14-,41-17+/t18-,20+,21+,22+,26-,31-,32+,36+,40-/m0/s1. The summed E-state index contributed by atoms with van der Waals surface area (Å²) in [5.74, 6) is -8.43. The number of methoxy groups -OCH3 is 1. The van der Waals surface area contributed by atoms with Crippen LogP contribution in [0.2, 0.25) is 0 Å². The molecule has 3 heterocycles. The monoisotopic (exact) mass is 767 g/mol. The van der Waals surface area contributed by atoms with Gasteiger partial charge in [0, 0.05) is 75.2 Å². The average Bonchev–Trinajstić information content (AvgIpc) is 3.39. The summed E-state index contributed by atoms with van der Waals surface area (Å²) in [6.45, 7) is 12.4. The average molecular weight is 768 g/mol. The van der Waals surface area contributed by atoms with Crippen molar-refractivity contribution in [1.29, 1.82) is 0 Å². The van der Waals surface area contributed by atoms with E-state index < -0.39 is 88.8 Å². The molecule has 2 aromatic rings. The smallest absolute Gasteiger partial charge is 0.312 e. The molecule has 0 saturated carbocycles. The number of ketones is 1. The lowest BCUT2D eigenvalue weighted by Crippen LogP contribution is -2.46. The van der Waals surface area contributed by atoms with E-state index in [2.05, 4.69) is 10.4 Å². The van der Waals surface area contributed by atoms with Gasteiger partial charge in [0.1, 0.15) is 23.4 Å². The third-order valence-electron chi connectivity index (χ3n) is 10.5. The number of Topliss-reactive ketones (excluding diaryl/α,β-unsaturated/α-hetero) is 1. The number of hydrogen-bond donors (Lipinski definition) is 6. The van der Waals surface area contributed by atoms with Crippen LogP contribution in [0.25, 0.3) is 10.8 Å². The summed E-state index contributed by atoms with van der Waals surface area (Å²) < 4.78 is 23.4. The van der Waals surface area contributed by atoms with Crippen molar-refractivity contribution < 1.29 is 58.9 Å². The number of allylic oxidation sites excluding steroid dienone is 2. The van der Waals surface area contributed by atoms with Gasteiger partial charge >= 0.3 is 11.8 Å². The summed E-state index contributed by atoms with van der Waals surface area (Å²) in [6.07, 6.45) is 4.69. The number of nitrogens with zero attached hydrogens (tertiary/aromatic N) is 2. The number of ether oxygens (including phenoxy) is 4. The van der Waals surface area contributed by atoms with E-state index in [1.165, 1.54) is 64.4 Å². The lowest BCUT2D eigenvalue weighted by atomic mass is 9.78. The fourth-order valence-corrected chi connectivity index (χ4v) is 7.05. The van der Waals surface area contributed by atoms with Crippen LogP contribution >= 0.6 is 0 Å². The lowest BCUT2D eigenvalue weighted by Gasteiger charge is -2.38. The molecule has 15 nitrogen and oxygen atoms in total. The van der Waals surface area contributed by atoms with Crippen LogP contribution < -0.4 is 10.1 Å². The number of aliphatic hydroxyl groups is 2. The molecule has 2 aromatic carbocycles. The number of carbonyl (C=O) groups is 3. The molecule has 0 aromatic heterocycles. The maximum Gasteiger partial charge on any atom is 0.312 e. The molecular formula is C40H53N3O12. The number of hydrogen-bond acceptors (Lipinski definition) is 14. The molecule has 0 fully saturated rings. The predicted octanol–water partition coefficient (Wildman–Crippen LogP) is 4.65. The summed E-state index contributed by atoms with van der Waals surface area (Å²) in [4.78, 5) is 40.1. The first-order valence-electron chi connectivity index (χ1n) is 18.0. The van der Waals surface area contributed by atoms with E-state index in [9.17, 15) is 39.9 Å². The van der Waals surface area contributed by atoms with Crippen molar-refractivity contribution in [2.45, 2.75) is 85.6 Å². The number of rotatable bonds is 4. The Morgan fingerprint density at radius 1 is 0.964 bits per heavy atom. The van der Waals surface area contributed by atoms with Gasteiger partial charge in [0.2, 0.25) is 0 Å². The van der Waals surface area contributed by atoms with E-state index in [1.54, 1.807) is 53.9 Å². The van der Waals surface area contributed by atoms with Gasteiger partial charge in [0.25, 0.3) is 11.7 Å². The first kappa shape index (κ1) is 42.6. The molecular weight excluding hydrogens is 714 g/mol. The fraction of sp³-hybridized carbons (Fsp3) is 0.500. The van der Waals surface area contributed by atoms with E-state index in [0.29, 0.717) is 0 Å². The molecule has 0 radical (unpaired) electrons. The van der Waals surface area contributed by atoms with E-state index in [-0.39, 0.29) is 44.5 Å². The van der Waals surface area contributed by atoms with Gasteiger partial charge in [-0.1, -0.05) is 45.9 Å². The Bertz CT molecular complexity index is 1950. The maximum absolute atomic E-state index is 14.3. The number of benzene rings is 2. The van der Waals surface area contributed by atoms with E-state index >= 15 is 0 Å². The zero-order chi connectivity index (χ0) is 41.3. The Hall–Kier alpha value is -5.12. The van der Waals surface area contributed by atoms with Gasteiger partial charge < -0.3 is 54.8 Å². The van der Waals surface area contributed by atoms with Crippen molar-refractivity contribution in [3.8, 4) is 23.0 Å². The van der Waals surface area contributed by atoms with Gasteiger partial charge in [-0.3, -0.25) is 14.4 Å². The van der Waals surface area contributed by atoms with Crippen LogP contribution in [-0.4, -0.2) is 106 Å². The van der Waals surface area contributed by atoms with Gasteiger partial charge in [-0.15, -0.1) is 0 Å². The first-order valence-corrected chi connectivity index (χ1v) is 18.0. The number of hydrazone groups is 1. The number of aliphatic hydroxyl groups excluding tert-OH is 2. The first-order chi connectivity index (χ1) is 25.7. The number of aromatic hydroxyl groups is 3. The van der Waals surface area contributed by atoms with Crippen molar-refractivity contribution in [1.82, 2.24) is 5.01 Å². The van der Waals surface area contributed by atoms with Crippen LogP contribution in [0.4, 0.5) is 5.69 Å². The Morgan fingerprint density at radius 3 is 2.22 bits per heavy atom. The third-order valence-corrected chi connectivity index (χ3v) is 10.5. The Balaban J connectivity index is 1.97.